The highest BCUT2D eigenvalue weighted by Gasteiger charge is 2.23. The number of ether oxygens (including phenoxy) is 4. The summed E-state index contributed by atoms with van der Waals surface area (Å²) in [5.74, 6) is 2.74. The van der Waals surface area contributed by atoms with Crippen molar-refractivity contribution in [1.29, 1.82) is 0 Å². The third-order valence-electron chi connectivity index (χ3n) is 4.80. The predicted molar refractivity (Wildman–Crippen MR) is 100 cm³/mol. The molecule has 142 valence electrons. The first-order chi connectivity index (χ1) is 13.2. The minimum Gasteiger partial charge on any atom is -0.493 e. The molecule has 0 unspecified atom stereocenters. The van der Waals surface area contributed by atoms with Crippen molar-refractivity contribution in [2.75, 3.05) is 39.3 Å². The van der Waals surface area contributed by atoms with Crippen molar-refractivity contribution < 1.29 is 23.7 Å². The van der Waals surface area contributed by atoms with E-state index in [9.17, 15) is 4.79 Å². The summed E-state index contributed by atoms with van der Waals surface area (Å²) in [7, 11) is 3.24. The molecular formula is C20H22N2O5. The van der Waals surface area contributed by atoms with Gasteiger partial charge in [0.05, 0.1) is 14.2 Å². The van der Waals surface area contributed by atoms with Gasteiger partial charge < -0.3 is 29.2 Å². The average molecular weight is 370 g/mol. The highest BCUT2D eigenvalue weighted by atomic mass is 16.6. The smallest absolute Gasteiger partial charge is 0.322 e. The summed E-state index contributed by atoms with van der Waals surface area (Å²) in [5.41, 5.74) is 2.93. The number of urea groups is 1. The van der Waals surface area contributed by atoms with Crippen LogP contribution < -0.4 is 24.3 Å². The summed E-state index contributed by atoms with van der Waals surface area (Å²) < 4.78 is 21.8. The number of hydrogen-bond acceptors (Lipinski definition) is 5. The molecule has 0 aliphatic carbocycles. The van der Waals surface area contributed by atoms with E-state index in [-0.39, 0.29) is 6.03 Å². The minimum atomic E-state index is -0.146. The second-order valence-electron chi connectivity index (χ2n) is 6.44. The summed E-state index contributed by atoms with van der Waals surface area (Å²) in [6, 6.07) is 9.21. The largest absolute Gasteiger partial charge is 0.493 e. The summed E-state index contributed by atoms with van der Waals surface area (Å²) in [5, 5.41) is 2.94. The molecular weight excluding hydrogens is 348 g/mol. The van der Waals surface area contributed by atoms with Crippen LogP contribution in [0.5, 0.6) is 23.0 Å². The van der Waals surface area contributed by atoms with Gasteiger partial charge in [-0.3, -0.25) is 0 Å². The monoisotopic (exact) mass is 370 g/mol. The molecule has 7 nitrogen and oxygen atoms in total. The van der Waals surface area contributed by atoms with Gasteiger partial charge in [0, 0.05) is 24.8 Å². The Hall–Kier alpha value is -3.09. The number of amides is 2. The van der Waals surface area contributed by atoms with Crippen LogP contribution in [-0.2, 0) is 13.0 Å². The second-order valence-corrected chi connectivity index (χ2v) is 6.44. The topological polar surface area (TPSA) is 69.3 Å². The lowest BCUT2D eigenvalue weighted by Crippen LogP contribution is -2.38. The highest BCUT2D eigenvalue weighted by molar-refractivity contribution is 5.90. The van der Waals surface area contributed by atoms with Crippen molar-refractivity contribution in [3.63, 3.8) is 0 Å². The summed E-state index contributed by atoms with van der Waals surface area (Å²) in [6.07, 6.45) is 0.768. The lowest BCUT2D eigenvalue weighted by Gasteiger charge is -2.30. The number of anilines is 1. The van der Waals surface area contributed by atoms with Gasteiger partial charge in [0.2, 0.25) is 0 Å². The fourth-order valence-electron chi connectivity index (χ4n) is 3.38. The number of methoxy groups -OCH3 is 2. The zero-order chi connectivity index (χ0) is 18.8. The van der Waals surface area contributed by atoms with Crippen LogP contribution in [0.1, 0.15) is 11.1 Å². The Morgan fingerprint density at radius 1 is 1.00 bits per heavy atom. The maximum atomic E-state index is 12.7. The molecule has 0 bridgehead atoms. The lowest BCUT2D eigenvalue weighted by molar-refractivity contribution is 0.171. The van der Waals surface area contributed by atoms with Gasteiger partial charge in [-0.2, -0.15) is 0 Å². The van der Waals surface area contributed by atoms with Crippen molar-refractivity contribution in [2.24, 2.45) is 0 Å². The summed E-state index contributed by atoms with van der Waals surface area (Å²) in [6.45, 7) is 2.21. The zero-order valence-electron chi connectivity index (χ0n) is 15.4. The van der Waals surface area contributed by atoms with E-state index in [1.54, 1.807) is 25.2 Å². The average Bonchev–Trinajstić information content (AvgIpc) is 2.72. The van der Waals surface area contributed by atoms with Gasteiger partial charge in [-0.25, -0.2) is 4.79 Å². The molecule has 2 aliphatic heterocycles. The van der Waals surface area contributed by atoms with Crippen LogP contribution in [0.15, 0.2) is 30.3 Å². The highest BCUT2D eigenvalue weighted by Crippen LogP contribution is 2.34. The molecule has 1 N–H and O–H groups in total. The molecule has 4 rings (SSSR count). The van der Waals surface area contributed by atoms with Crippen LogP contribution >= 0.6 is 0 Å². The van der Waals surface area contributed by atoms with Gasteiger partial charge in [-0.1, -0.05) is 0 Å². The van der Waals surface area contributed by atoms with E-state index in [4.69, 9.17) is 18.9 Å². The zero-order valence-corrected chi connectivity index (χ0v) is 15.4. The van der Waals surface area contributed by atoms with Gasteiger partial charge in [-0.05, 0) is 41.8 Å². The number of fused-ring (bicyclic) bond motifs is 2. The Morgan fingerprint density at radius 2 is 1.70 bits per heavy atom. The molecule has 2 aromatic carbocycles. The van der Waals surface area contributed by atoms with Crippen LogP contribution in [-0.4, -0.2) is 44.9 Å². The van der Waals surface area contributed by atoms with Gasteiger partial charge in [0.25, 0.3) is 0 Å². The van der Waals surface area contributed by atoms with E-state index in [1.165, 1.54) is 5.56 Å². The second kappa shape index (κ2) is 7.26. The fourth-order valence-corrected chi connectivity index (χ4v) is 3.38. The molecule has 0 radical (unpaired) electrons. The first kappa shape index (κ1) is 17.3. The molecule has 0 fully saturated rings. The number of carbonyl (C=O) groups is 1. The number of carbonyl (C=O) groups excluding carboxylic acids is 1. The first-order valence-electron chi connectivity index (χ1n) is 8.87. The van der Waals surface area contributed by atoms with Gasteiger partial charge in [0.1, 0.15) is 13.2 Å². The molecule has 2 heterocycles. The molecule has 0 spiro atoms. The number of nitrogens with one attached hydrogen (secondary N) is 1. The van der Waals surface area contributed by atoms with Crippen LogP contribution in [0.4, 0.5) is 10.5 Å². The Bertz CT molecular complexity index is 868. The van der Waals surface area contributed by atoms with E-state index in [1.807, 2.05) is 24.3 Å². The van der Waals surface area contributed by atoms with E-state index < -0.39 is 0 Å². The molecule has 7 heteroatoms. The van der Waals surface area contributed by atoms with E-state index in [0.717, 1.165) is 12.0 Å². The number of benzene rings is 2. The number of nitrogens with zero attached hydrogens (tertiary/aromatic N) is 1. The predicted octanol–water partition coefficient (Wildman–Crippen LogP) is 3.07. The van der Waals surface area contributed by atoms with Crippen molar-refractivity contribution in [1.82, 2.24) is 4.90 Å². The molecule has 2 aliphatic rings. The Kier molecular flexibility index (Phi) is 4.66. The quantitative estimate of drug-likeness (QED) is 0.899. The van der Waals surface area contributed by atoms with E-state index >= 15 is 0 Å². The third kappa shape index (κ3) is 3.45. The number of hydrogen-bond donors (Lipinski definition) is 1. The lowest BCUT2D eigenvalue weighted by atomic mass is 9.99. The van der Waals surface area contributed by atoms with Crippen LogP contribution in [0.3, 0.4) is 0 Å². The number of rotatable bonds is 3. The minimum absolute atomic E-state index is 0.146. The molecule has 0 saturated heterocycles. The van der Waals surface area contributed by atoms with Crippen molar-refractivity contribution in [2.45, 2.75) is 13.0 Å². The Balaban J connectivity index is 1.48. The molecule has 2 amide bonds. The van der Waals surface area contributed by atoms with Crippen molar-refractivity contribution in [3.05, 3.63) is 41.5 Å². The normalized spacial score (nSPS) is 15.0. The summed E-state index contributed by atoms with van der Waals surface area (Å²) >= 11 is 0. The molecule has 0 aromatic heterocycles. The Morgan fingerprint density at radius 3 is 2.44 bits per heavy atom. The fraction of sp³-hybridized carbons (Fsp3) is 0.350. The Labute approximate surface area is 157 Å². The summed E-state index contributed by atoms with van der Waals surface area (Å²) in [4.78, 5) is 14.5. The van der Waals surface area contributed by atoms with E-state index in [0.29, 0.717) is 55.0 Å². The SMILES string of the molecule is COc1cc2c(cc1OC)CN(C(=O)Nc1ccc3c(c1)OCCO3)CC2. The molecule has 0 atom stereocenters. The first-order valence-corrected chi connectivity index (χ1v) is 8.87. The van der Waals surface area contributed by atoms with Crippen LogP contribution in [0.2, 0.25) is 0 Å². The van der Waals surface area contributed by atoms with Crippen molar-refractivity contribution >= 4 is 11.7 Å². The maximum Gasteiger partial charge on any atom is 0.322 e. The van der Waals surface area contributed by atoms with Crippen LogP contribution in [0.25, 0.3) is 0 Å². The standard InChI is InChI=1S/C20H22N2O5/c1-24-17-9-13-5-6-22(12-14(13)10-18(17)25-2)20(23)21-15-3-4-16-19(11-15)27-8-7-26-16/h3-4,9-11H,5-8,12H2,1-2H3,(H,21,23). The maximum absolute atomic E-state index is 12.7. The van der Waals surface area contributed by atoms with Gasteiger partial charge >= 0.3 is 6.03 Å². The van der Waals surface area contributed by atoms with Gasteiger partial charge in [0.15, 0.2) is 23.0 Å². The van der Waals surface area contributed by atoms with Crippen LogP contribution in [0, 0.1) is 0 Å². The van der Waals surface area contributed by atoms with Crippen molar-refractivity contribution in [3.8, 4) is 23.0 Å². The van der Waals surface area contributed by atoms with Gasteiger partial charge in [-0.15, -0.1) is 0 Å². The molecule has 0 saturated carbocycles. The van der Waals surface area contributed by atoms with E-state index in [2.05, 4.69) is 5.32 Å². The molecule has 27 heavy (non-hydrogen) atoms. The molecule has 2 aromatic rings. The third-order valence-corrected chi connectivity index (χ3v) is 4.80.